The fraction of sp³-hybridized carbons (Fsp3) is 0.364. The standard InChI is InChI=1S/C11H6ClF7O3/c1-21-7-4-5(12)2-3-6(7)22-8(20)9(13,14)10(15,16)11(17,18)19/h2-4H,1H3. The summed E-state index contributed by atoms with van der Waals surface area (Å²) in [5, 5.41) is 0.0176. The van der Waals surface area contributed by atoms with Gasteiger partial charge in [-0.25, -0.2) is 4.79 Å². The molecule has 0 fully saturated rings. The number of ether oxygens (including phenoxy) is 2. The third-order valence-corrected chi connectivity index (χ3v) is 2.57. The molecule has 0 bridgehead atoms. The zero-order chi connectivity index (χ0) is 17.3. The molecule has 0 radical (unpaired) electrons. The van der Waals surface area contributed by atoms with Crippen LogP contribution in [-0.4, -0.2) is 31.1 Å². The summed E-state index contributed by atoms with van der Waals surface area (Å²) in [5.41, 5.74) is 0. The first-order valence-corrected chi connectivity index (χ1v) is 5.60. The van der Waals surface area contributed by atoms with Crippen LogP contribution in [0.1, 0.15) is 0 Å². The number of hydrogen-bond donors (Lipinski definition) is 0. The highest BCUT2D eigenvalue weighted by Crippen LogP contribution is 2.47. The number of carbonyl (C=O) groups is 1. The molecule has 1 rings (SSSR count). The molecule has 11 heteroatoms. The lowest BCUT2D eigenvalue weighted by molar-refractivity contribution is -0.346. The molecule has 124 valence electrons. The number of halogens is 8. The normalized spacial score (nSPS) is 13.0. The first-order valence-electron chi connectivity index (χ1n) is 5.22. The van der Waals surface area contributed by atoms with Crippen LogP contribution in [0.5, 0.6) is 11.5 Å². The van der Waals surface area contributed by atoms with Crippen molar-refractivity contribution in [2.24, 2.45) is 0 Å². The minimum absolute atomic E-state index is 0.0176. The Morgan fingerprint density at radius 2 is 1.59 bits per heavy atom. The Morgan fingerprint density at radius 3 is 2.05 bits per heavy atom. The number of benzene rings is 1. The van der Waals surface area contributed by atoms with Gasteiger partial charge in [0.25, 0.3) is 0 Å². The molecule has 0 aliphatic rings. The molecule has 0 unspecified atom stereocenters. The van der Waals surface area contributed by atoms with Crippen LogP contribution in [-0.2, 0) is 4.79 Å². The highest BCUT2D eigenvalue weighted by molar-refractivity contribution is 6.30. The average molecular weight is 355 g/mol. The Hall–Kier alpha value is -1.71. The molecule has 0 spiro atoms. The van der Waals surface area contributed by atoms with Crippen molar-refractivity contribution in [1.29, 1.82) is 0 Å². The lowest BCUT2D eigenvalue weighted by Gasteiger charge is -2.26. The van der Waals surface area contributed by atoms with Gasteiger partial charge in [-0.3, -0.25) is 0 Å². The van der Waals surface area contributed by atoms with Gasteiger partial charge in [-0.2, -0.15) is 30.7 Å². The van der Waals surface area contributed by atoms with Gasteiger partial charge in [-0.05, 0) is 12.1 Å². The number of esters is 1. The summed E-state index contributed by atoms with van der Waals surface area (Å²) >= 11 is 5.52. The van der Waals surface area contributed by atoms with Gasteiger partial charge in [0.2, 0.25) is 0 Å². The molecule has 0 aliphatic carbocycles. The number of carbonyl (C=O) groups excluding carboxylic acids is 1. The summed E-state index contributed by atoms with van der Waals surface area (Å²) in [6.45, 7) is 0. The molecule has 0 saturated carbocycles. The van der Waals surface area contributed by atoms with E-state index in [2.05, 4.69) is 9.47 Å². The third kappa shape index (κ3) is 3.21. The molecular weight excluding hydrogens is 349 g/mol. The zero-order valence-corrected chi connectivity index (χ0v) is 11.2. The Kier molecular flexibility index (Phi) is 4.85. The van der Waals surface area contributed by atoms with E-state index in [1.54, 1.807) is 0 Å². The van der Waals surface area contributed by atoms with Gasteiger partial charge in [0.1, 0.15) is 0 Å². The molecule has 22 heavy (non-hydrogen) atoms. The van der Waals surface area contributed by atoms with Gasteiger partial charge in [-0.15, -0.1) is 0 Å². The van der Waals surface area contributed by atoms with E-state index >= 15 is 0 Å². The number of hydrogen-bond acceptors (Lipinski definition) is 3. The second-order valence-electron chi connectivity index (χ2n) is 3.83. The van der Waals surface area contributed by atoms with Crippen LogP contribution in [0, 0.1) is 0 Å². The maximum Gasteiger partial charge on any atom is 0.460 e. The van der Waals surface area contributed by atoms with Gasteiger partial charge in [-0.1, -0.05) is 11.6 Å². The molecule has 1 aromatic carbocycles. The van der Waals surface area contributed by atoms with E-state index in [4.69, 9.17) is 11.6 Å². The van der Waals surface area contributed by atoms with Crippen molar-refractivity contribution in [1.82, 2.24) is 0 Å². The minimum Gasteiger partial charge on any atom is -0.493 e. The number of methoxy groups -OCH3 is 1. The summed E-state index contributed by atoms with van der Waals surface area (Å²) in [7, 11) is 1.01. The predicted octanol–water partition coefficient (Wildman–Crippen LogP) is 4.09. The summed E-state index contributed by atoms with van der Waals surface area (Å²) in [6, 6.07) is 2.79. The quantitative estimate of drug-likeness (QED) is 0.464. The van der Waals surface area contributed by atoms with Crippen molar-refractivity contribution >= 4 is 17.6 Å². The van der Waals surface area contributed by atoms with Crippen molar-refractivity contribution in [2.45, 2.75) is 18.0 Å². The molecule has 0 amide bonds. The van der Waals surface area contributed by atoms with E-state index < -0.39 is 35.5 Å². The van der Waals surface area contributed by atoms with Crippen molar-refractivity contribution in [3.05, 3.63) is 23.2 Å². The Labute approximate surface area is 123 Å². The molecule has 0 atom stereocenters. The molecule has 0 saturated heterocycles. The van der Waals surface area contributed by atoms with Crippen LogP contribution in [0.15, 0.2) is 18.2 Å². The highest BCUT2D eigenvalue weighted by atomic mass is 35.5. The van der Waals surface area contributed by atoms with Crippen LogP contribution in [0.4, 0.5) is 30.7 Å². The Balaban J connectivity index is 3.12. The van der Waals surface area contributed by atoms with Gasteiger partial charge < -0.3 is 9.47 Å². The largest absolute Gasteiger partial charge is 0.493 e. The van der Waals surface area contributed by atoms with Crippen molar-refractivity contribution in [2.75, 3.05) is 7.11 Å². The topological polar surface area (TPSA) is 35.5 Å². The second-order valence-corrected chi connectivity index (χ2v) is 4.27. The highest BCUT2D eigenvalue weighted by Gasteiger charge is 2.77. The first-order chi connectivity index (χ1) is 9.84. The summed E-state index contributed by atoms with van der Waals surface area (Å²) in [6.07, 6.45) is -6.64. The summed E-state index contributed by atoms with van der Waals surface area (Å²) in [4.78, 5) is 11.0. The van der Waals surface area contributed by atoms with E-state index in [0.29, 0.717) is 0 Å². The van der Waals surface area contributed by atoms with E-state index in [-0.39, 0.29) is 5.02 Å². The Bertz CT molecular complexity index is 571. The lowest BCUT2D eigenvalue weighted by Crippen LogP contribution is -2.57. The van der Waals surface area contributed by atoms with Gasteiger partial charge in [0.15, 0.2) is 11.5 Å². The SMILES string of the molecule is COc1cc(Cl)ccc1OC(=O)C(F)(F)C(F)(F)C(F)(F)F. The molecular formula is C11H6ClF7O3. The number of alkyl halides is 7. The van der Waals surface area contributed by atoms with Crippen molar-refractivity contribution in [3.63, 3.8) is 0 Å². The van der Waals surface area contributed by atoms with Gasteiger partial charge in [0, 0.05) is 11.1 Å². The molecule has 0 aliphatic heterocycles. The summed E-state index contributed by atoms with van der Waals surface area (Å²) in [5.74, 6) is -17.0. The predicted molar refractivity (Wildman–Crippen MR) is 59.6 cm³/mol. The molecule has 1 aromatic rings. The minimum atomic E-state index is -6.64. The molecule has 3 nitrogen and oxygen atoms in total. The molecule has 0 aromatic heterocycles. The van der Waals surface area contributed by atoms with Crippen LogP contribution in [0.2, 0.25) is 5.02 Å². The van der Waals surface area contributed by atoms with Crippen LogP contribution in [0.3, 0.4) is 0 Å². The van der Waals surface area contributed by atoms with E-state index in [9.17, 15) is 35.5 Å². The second kappa shape index (κ2) is 5.82. The third-order valence-electron chi connectivity index (χ3n) is 2.34. The van der Waals surface area contributed by atoms with Crippen LogP contribution < -0.4 is 9.47 Å². The average Bonchev–Trinajstić information content (AvgIpc) is 2.38. The van der Waals surface area contributed by atoms with Gasteiger partial charge >= 0.3 is 24.0 Å². The van der Waals surface area contributed by atoms with Crippen LogP contribution in [0.25, 0.3) is 0 Å². The maximum absolute atomic E-state index is 13.1. The lowest BCUT2D eigenvalue weighted by atomic mass is 10.1. The van der Waals surface area contributed by atoms with E-state index in [0.717, 1.165) is 25.3 Å². The molecule has 0 heterocycles. The fourth-order valence-corrected chi connectivity index (χ4v) is 1.36. The van der Waals surface area contributed by atoms with E-state index in [1.807, 2.05) is 0 Å². The van der Waals surface area contributed by atoms with Crippen molar-refractivity contribution in [3.8, 4) is 11.5 Å². The Morgan fingerprint density at radius 1 is 1.05 bits per heavy atom. The fourth-order valence-electron chi connectivity index (χ4n) is 1.20. The number of rotatable bonds is 4. The van der Waals surface area contributed by atoms with Gasteiger partial charge in [0.05, 0.1) is 7.11 Å². The first kappa shape index (κ1) is 18.3. The zero-order valence-electron chi connectivity index (χ0n) is 10.5. The smallest absolute Gasteiger partial charge is 0.460 e. The van der Waals surface area contributed by atoms with E-state index in [1.165, 1.54) is 0 Å². The molecule has 0 N–H and O–H groups in total. The monoisotopic (exact) mass is 354 g/mol. The summed E-state index contributed by atoms with van der Waals surface area (Å²) < 4.78 is 95.8. The van der Waals surface area contributed by atoms with Crippen molar-refractivity contribution < 1.29 is 45.0 Å². The maximum atomic E-state index is 13.1. The van der Waals surface area contributed by atoms with Crippen LogP contribution >= 0.6 is 11.6 Å².